The van der Waals surface area contributed by atoms with E-state index in [2.05, 4.69) is 24.6 Å². The molecule has 0 bridgehead atoms. The number of aromatic nitrogens is 5. The molecule has 6 rings (SSSR count). The lowest BCUT2D eigenvalue weighted by Crippen LogP contribution is -2.61. The zero-order chi connectivity index (χ0) is 54.4. The number of aliphatic hydroxyl groups is 5. The largest absolute Gasteiger partial charge is 0.494 e. The van der Waals surface area contributed by atoms with Gasteiger partial charge in [-0.1, -0.05) is 26.0 Å². The van der Waals surface area contributed by atoms with Crippen molar-refractivity contribution in [2.45, 2.75) is 205 Å². The number of rotatable bonds is 16. The van der Waals surface area contributed by atoms with E-state index in [4.69, 9.17) is 38.9 Å². The lowest BCUT2D eigenvalue weighted by Gasteiger charge is -2.49. The molecule has 0 radical (unpaired) electrons. The van der Waals surface area contributed by atoms with Crippen LogP contribution in [0.4, 0.5) is 5.95 Å². The highest BCUT2D eigenvalue weighted by molar-refractivity contribution is 7.09. The Morgan fingerprint density at radius 2 is 1.69 bits per heavy atom. The maximum Gasteiger partial charge on any atom is 0.311 e. The van der Waals surface area contributed by atoms with Gasteiger partial charge in [0.05, 0.1) is 53.8 Å². The average molecular weight is 1060 g/mol. The van der Waals surface area contributed by atoms with E-state index in [1.165, 1.54) is 25.6 Å². The minimum absolute atomic E-state index is 0.101. The molecule has 3 saturated heterocycles. The van der Waals surface area contributed by atoms with Crippen molar-refractivity contribution in [3.63, 3.8) is 0 Å². The quantitative estimate of drug-likeness (QED) is 0.0882. The van der Waals surface area contributed by atoms with Crippen molar-refractivity contribution in [2.75, 3.05) is 46.6 Å². The number of benzene rings is 1. The van der Waals surface area contributed by atoms with Gasteiger partial charge in [-0.25, -0.2) is 0 Å². The van der Waals surface area contributed by atoms with Gasteiger partial charge >= 0.3 is 5.97 Å². The molecule has 18 atom stereocenters. The Morgan fingerprint density at radius 3 is 2.34 bits per heavy atom. The number of aliphatic hydroxyl groups excluding tert-OH is 3. The van der Waals surface area contributed by atoms with Gasteiger partial charge in [0.2, 0.25) is 5.95 Å². The Bertz CT molecular complexity index is 2220. The molecule has 21 nitrogen and oxygen atoms in total. The molecular weight excluding hydrogens is 977 g/mol. The monoisotopic (exact) mass is 1060 g/mol. The first-order chi connectivity index (χ1) is 34.8. The number of methoxy groups -OCH3 is 1. The molecule has 22 heteroatoms. The fraction of sp³-hybridized carbons (Fsp3) is 0.788. The van der Waals surface area contributed by atoms with Crippen LogP contribution in [0.5, 0.6) is 5.75 Å². The van der Waals surface area contributed by atoms with Crippen LogP contribution in [0.1, 0.15) is 107 Å². The number of hydrogen-bond acceptors (Lipinski definition) is 21. The smallest absolute Gasteiger partial charge is 0.311 e. The van der Waals surface area contributed by atoms with Crippen molar-refractivity contribution < 1.29 is 63.5 Å². The molecule has 0 unspecified atom stereocenters. The first kappa shape index (κ1) is 59.7. The molecule has 0 amide bonds. The predicted molar refractivity (Wildman–Crippen MR) is 277 cm³/mol. The van der Waals surface area contributed by atoms with Crippen molar-refractivity contribution in [2.24, 2.45) is 17.8 Å². The van der Waals surface area contributed by atoms with Crippen LogP contribution in [0.3, 0.4) is 0 Å². The second-order valence-electron chi connectivity index (χ2n) is 22.1. The summed E-state index contributed by atoms with van der Waals surface area (Å²) in [4.78, 5) is 22.7. The fourth-order valence-corrected chi connectivity index (χ4v) is 11.7. The number of ether oxygens (including phenoxy) is 7. The second-order valence-corrected chi connectivity index (χ2v) is 22.8. The molecule has 3 aliphatic heterocycles. The molecule has 1 aromatic carbocycles. The number of cyclic esters (lactones) is 1. The lowest BCUT2D eigenvalue weighted by atomic mass is 9.77. The van der Waals surface area contributed by atoms with E-state index < -0.39 is 102 Å². The van der Waals surface area contributed by atoms with E-state index in [0.717, 1.165) is 22.0 Å². The molecule has 3 aliphatic rings. The van der Waals surface area contributed by atoms with Crippen LogP contribution in [0, 0.1) is 17.8 Å². The van der Waals surface area contributed by atoms with E-state index in [0.29, 0.717) is 45.5 Å². The van der Waals surface area contributed by atoms with Crippen LogP contribution in [0.2, 0.25) is 0 Å². The molecule has 3 fully saturated rings. The number of esters is 1. The van der Waals surface area contributed by atoms with Crippen LogP contribution in [-0.4, -0.2) is 197 Å². The zero-order valence-electron chi connectivity index (χ0n) is 45.7. The SMILES string of the molecule is CC[C@H]1OC(=O)[C@H](C)[C@@H](O[C@H]2C[C@@](C)(OC)[C@@H](O)[C@H](C)O2)[C@H](C)[C@@H](O[C@@H]2O[C@H](C)C[C@H](N(C)CCc3cn(CCCOc4ccc(-c5nc(N)ns5)cc4)nn3)[C@H]2O)[C@](C)(O)C[C@@H](C)CN(C)[C@H](C)[C@@H](O)[C@]1(C)O. The minimum Gasteiger partial charge on any atom is -0.494 e. The maximum absolute atomic E-state index is 14.5. The molecular formula is C52H86N8O13S. The maximum atomic E-state index is 14.5. The van der Waals surface area contributed by atoms with Gasteiger partial charge in [0, 0.05) is 75.8 Å². The Morgan fingerprint density at radius 1 is 0.986 bits per heavy atom. The molecule has 5 heterocycles. The third-order valence-electron chi connectivity index (χ3n) is 15.8. The van der Waals surface area contributed by atoms with Gasteiger partial charge in [-0.05, 0) is 124 Å². The van der Waals surface area contributed by atoms with Crippen molar-refractivity contribution >= 4 is 23.5 Å². The van der Waals surface area contributed by atoms with E-state index in [-0.39, 0.29) is 37.2 Å². The number of nitrogens with two attached hydrogens (primary N) is 1. The Labute approximate surface area is 441 Å². The highest BCUT2D eigenvalue weighted by atomic mass is 32.1. The van der Waals surface area contributed by atoms with Crippen LogP contribution < -0.4 is 10.5 Å². The van der Waals surface area contributed by atoms with Gasteiger partial charge in [-0.2, -0.15) is 9.36 Å². The molecule has 418 valence electrons. The van der Waals surface area contributed by atoms with E-state index in [1.54, 1.807) is 46.2 Å². The summed E-state index contributed by atoms with van der Waals surface area (Å²) in [6, 6.07) is 6.65. The standard InChI is InChI=1S/C52H86N8O13S/c1-14-39-52(10,66)43(62)33(6)59(12)27-29(2)25-50(8,65)45(31(4)42(32(5)47(64)71-39)72-40-26-51(9,67-13)44(63)34(7)70-40)73-48-41(61)38(24-30(3)69-48)58(11)22-20-36-28-60(57-55-36)21-15-23-68-37-18-16-35(17-19-37)46-54-49(53)56-74-46/h16-19,28-34,38-45,48,61-63,65-66H,14-15,20-27H2,1-13H3,(H2,53,56)/t29-,30-,31+,32-,33-,34+,38+,39-,40+,41-,42+,43-,44+,45-,48+,50-,51-,52-/m1/s1. The molecule has 0 spiro atoms. The highest BCUT2D eigenvalue weighted by Gasteiger charge is 2.53. The number of anilines is 1. The highest BCUT2D eigenvalue weighted by Crippen LogP contribution is 2.40. The summed E-state index contributed by atoms with van der Waals surface area (Å²) < 4.78 is 50.1. The minimum atomic E-state index is -1.84. The summed E-state index contributed by atoms with van der Waals surface area (Å²) in [5.41, 5.74) is 2.85. The summed E-state index contributed by atoms with van der Waals surface area (Å²) in [5, 5.41) is 69.2. The van der Waals surface area contributed by atoms with Crippen LogP contribution in [0.15, 0.2) is 30.5 Å². The normalized spacial score (nSPS) is 38.3. The molecule has 3 aromatic rings. The van der Waals surface area contributed by atoms with E-state index >= 15 is 0 Å². The number of carbonyl (C=O) groups excluding carboxylic acids is 1. The summed E-state index contributed by atoms with van der Waals surface area (Å²) in [7, 11) is 5.28. The van der Waals surface area contributed by atoms with Gasteiger partial charge in [-0.3, -0.25) is 9.48 Å². The van der Waals surface area contributed by atoms with Gasteiger partial charge < -0.3 is 74.2 Å². The number of carbonyl (C=O) groups is 1. The lowest BCUT2D eigenvalue weighted by molar-refractivity contribution is -0.318. The van der Waals surface area contributed by atoms with Gasteiger partial charge in [0.15, 0.2) is 12.6 Å². The van der Waals surface area contributed by atoms with Crippen molar-refractivity contribution in [1.29, 1.82) is 0 Å². The summed E-state index contributed by atoms with van der Waals surface area (Å²) in [5.74, 6) is -1.78. The van der Waals surface area contributed by atoms with Crippen molar-refractivity contribution in [3.05, 3.63) is 36.2 Å². The van der Waals surface area contributed by atoms with Crippen LogP contribution >= 0.6 is 11.5 Å². The zero-order valence-corrected chi connectivity index (χ0v) is 46.6. The first-order valence-corrected chi connectivity index (χ1v) is 27.0. The first-order valence-electron chi connectivity index (χ1n) is 26.3. The van der Waals surface area contributed by atoms with Crippen molar-refractivity contribution in [1.82, 2.24) is 34.2 Å². The van der Waals surface area contributed by atoms with Crippen molar-refractivity contribution in [3.8, 4) is 16.3 Å². The third-order valence-corrected chi connectivity index (χ3v) is 16.5. The number of likely N-dealkylation sites (N-methyl/N-ethyl adjacent to an activating group) is 2. The Balaban J connectivity index is 1.18. The number of nitrogen functional groups attached to an aromatic ring is 1. The van der Waals surface area contributed by atoms with E-state index in [9.17, 15) is 30.3 Å². The summed E-state index contributed by atoms with van der Waals surface area (Å²) in [6.07, 6.45) is -5.86. The predicted octanol–water partition coefficient (Wildman–Crippen LogP) is 3.67. The molecule has 0 saturated carbocycles. The Hall–Kier alpha value is -3.49. The molecule has 0 aliphatic carbocycles. The van der Waals surface area contributed by atoms with E-state index in [1.807, 2.05) is 70.2 Å². The summed E-state index contributed by atoms with van der Waals surface area (Å²) in [6.45, 7) is 19.6. The number of aryl methyl sites for hydroxylation is 1. The van der Waals surface area contributed by atoms with Crippen LogP contribution in [-0.2, 0) is 46.2 Å². The Kier molecular flexibility index (Phi) is 20.4. The molecule has 7 N–H and O–H groups in total. The average Bonchev–Trinajstić information content (AvgIpc) is 4.01. The number of nitrogens with zero attached hydrogens (tertiary/aromatic N) is 7. The fourth-order valence-electron chi connectivity index (χ4n) is 11.1. The molecule has 2 aromatic heterocycles. The molecule has 74 heavy (non-hydrogen) atoms. The number of hydrogen-bond donors (Lipinski definition) is 6. The second kappa shape index (κ2) is 25.3. The third kappa shape index (κ3) is 14.3. The van der Waals surface area contributed by atoms with Gasteiger partial charge in [0.1, 0.15) is 40.8 Å². The van der Waals surface area contributed by atoms with Gasteiger partial charge in [0.25, 0.3) is 0 Å². The van der Waals surface area contributed by atoms with Crippen LogP contribution in [0.25, 0.3) is 10.6 Å². The summed E-state index contributed by atoms with van der Waals surface area (Å²) >= 11 is 1.25. The topological polar surface area (TPSA) is 272 Å². The van der Waals surface area contributed by atoms with Gasteiger partial charge in [-0.15, -0.1) is 5.10 Å².